The van der Waals surface area contributed by atoms with Crippen molar-refractivity contribution >= 4 is 5.91 Å². The maximum atomic E-state index is 12.7. The maximum Gasteiger partial charge on any atom is 0.253 e. The van der Waals surface area contributed by atoms with Gasteiger partial charge in [-0.25, -0.2) is 0 Å². The number of carbonyl (C=O) groups excluding carboxylic acids is 1. The summed E-state index contributed by atoms with van der Waals surface area (Å²) in [5.74, 6) is -0.199. The monoisotopic (exact) mass is 357 g/mol. The molecule has 2 rings (SSSR count). The lowest BCUT2D eigenvalue weighted by molar-refractivity contribution is 0.0747. The number of unbranched alkanes of at least 4 members (excludes halogenated alkanes) is 2. The van der Waals surface area contributed by atoms with Gasteiger partial charge < -0.3 is 20.2 Å². The summed E-state index contributed by atoms with van der Waals surface area (Å²) in [7, 11) is 0. The summed E-state index contributed by atoms with van der Waals surface area (Å²) >= 11 is 0. The van der Waals surface area contributed by atoms with Gasteiger partial charge in [0, 0.05) is 25.3 Å². The number of aryl methyl sites for hydroxylation is 1. The second kappa shape index (κ2) is 10.5. The molecule has 0 spiro atoms. The van der Waals surface area contributed by atoms with Gasteiger partial charge in [-0.1, -0.05) is 24.3 Å². The van der Waals surface area contributed by atoms with Gasteiger partial charge in [0.15, 0.2) is 11.5 Å². The average molecular weight is 357 g/mol. The highest BCUT2D eigenvalue weighted by atomic mass is 16.3. The average Bonchev–Trinajstić information content (AvgIpc) is 2.66. The summed E-state index contributed by atoms with van der Waals surface area (Å²) in [4.78, 5) is 14.5. The van der Waals surface area contributed by atoms with Crippen molar-refractivity contribution in [1.82, 2.24) is 4.90 Å². The van der Waals surface area contributed by atoms with Crippen molar-refractivity contribution in [3.63, 3.8) is 0 Å². The molecule has 0 bridgehead atoms. The Hall–Kier alpha value is -2.53. The Kier molecular flexibility index (Phi) is 7.96. The predicted octanol–water partition coefficient (Wildman–Crippen LogP) is 3.34. The fraction of sp³-hybridized carbons (Fsp3) is 0.381. The molecule has 0 fully saturated rings. The minimum Gasteiger partial charge on any atom is -0.504 e. The highest BCUT2D eigenvalue weighted by Crippen LogP contribution is 2.25. The van der Waals surface area contributed by atoms with Crippen LogP contribution in [-0.2, 0) is 6.42 Å². The number of hydrogen-bond acceptors (Lipinski definition) is 4. The first kappa shape index (κ1) is 19.8. The van der Waals surface area contributed by atoms with Crippen LogP contribution in [0.4, 0.5) is 0 Å². The minimum atomic E-state index is -0.114. The molecule has 0 atom stereocenters. The first-order chi connectivity index (χ1) is 12.6. The number of carbonyl (C=O) groups is 1. The molecule has 0 unspecified atom stereocenters. The van der Waals surface area contributed by atoms with Crippen molar-refractivity contribution in [2.24, 2.45) is 0 Å². The van der Waals surface area contributed by atoms with E-state index >= 15 is 0 Å². The lowest BCUT2D eigenvalue weighted by Crippen LogP contribution is -2.33. The maximum absolute atomic E-state index is 12.7. The molecule has 1 amide bonds. The predicted molar refractivity (Wildman–Crippen MR) is 101 cm³/mol. The van der Waals surface area contributed by atoms with E-state index in [0.29, 0.717) is 25.1 Å². The van der Waals surface area contributed by atoms with Crippen LogP contribution >= 0.6 is 0 Å². The molecule has 0 aliphatic carbocycles. The van der Waals surface area contributed by atoms with Crippen molar-refractivity contribution in [2.75, 3.05) is 19.7 Å². The summed E-state index contributed by atoms with van der Waals surface area (Å²) in [5.41, 5.74) is 1.64. The zero-order chi connectivity index (χ0) is 18.8. The molecule has 0 saturated heterocycles. The zero-order valence-electron chi connectivity index (χ0n) is 15.0. The molecule has 2 aromatic carbocycles. The van der Waals surface area contributed by atoms with E-state index in [2.05, 4.69) is 0 Å². The Morgan fingerprint density at radius 1 is 0.846 bits per heavy atom. The Bertz CT molecular complexity index is 688. The first-order valence-corrected chi connectivity index (χ1v) is 9.08. The van der Waals surface area contributed by atoms with Gasteiger partial charge in [-0.2, -0.15) is 0 Å². The van der Waals surface area contributed by atoms with Crippen LogP contribution in [-0.4, -0.2) is 45.8 Å². The molecule has 0 aromatic heterocycles. The van der Waals surface area contributed by atoms with Crippen molar-refractivity contribution < 1.29 is 20.1 Å². The molecule has 2 aromatic rings. The molecule has 0 radical (unpaired) electrons. The molecule has 5 nitrogen and oxygen atoms in total. The van der Waals surface area contributed by atoms with E-state index in [1.54, 1.807) is 12.1 Å². The van der Waals surface area contributed by atoms with Crippen molar-refractivity contribution in [2.45, 2.75) is 32.1 Å². The van der Waals surface area contributed by atoms with Crippen LogP contribution in [0.3, 0.4) is 0 Å². The zero-order valence-corrected chi connectivity index (χ0v) is 15.0. The first-order valence-electron chi connectivity index (χ1n) is 9.08. The third-order valence-corrected chi connectivity index (χ3v) is 4.33. The van der Waals surface area contributed by atoms with Gasteiger partial charge >= 0.3 is 0 Å². The van der Waals surface area contributed by atoms with E-state index in [1.165, 1.54) is 6.07 Å². The Labute approximate surface area is 154 Å². The Morgan fingerprint density at radius 3 is 2.19 bits per heavy atom. The molecular weight excluding hydrogens is 330 g/mol. The SMILES string of the molecule is O=C(c1ccccc1)N(CCCCO)CCCCc1ccc(O)c(O)c1. The molecule has 140 valence electrons. The summed E-state index contributed by atoms with van der Waals surface area (Å²) in [5, 5.41) is 27.9. The minimum absolute atomic E-state index is 0.0193. The van der Waals surface area contributed by atoms with Crippen LogP contribution < -0.4 is 0 Å². The van der Waals surface area contributed by atoms with Crippen LogP contribution in [0.15, 0.2) is 48.5 Å². The van der Waals surface area contributed by atoms with Gasteiger partial charge in [-0.3, -0.25) is 4.79 Å². The number of phenols is 2. The Balaban J connectivity index is 1.87. The number of hydrogen-bond donors (Lipinski definition) is 3. The second-order valence-electron chi connectivity index (χ2n) is 6.37. The molecule has 0 aliphatic heterocycles. The highest BCUT2D eigenvalue weighted by molar-refractivity contribution is 5.94. The number of nitrogens with zero attached hydrogens (tertiary/aromatic N) is 1. The quantitative estimate of drug-likeness (QED) is 0.450. The van der Waals surface area contributed by atoms with Crippen molar-refractivity contribution in [1.29, 1.82) is 0 Å². The van der Waals surface area contributed by atoms with Crippen molar-refractivity contribution in [3.8, 4) is 11.5 Å². The lowest BCUT2D eigenvalue weighted by atomic mass is 10.1. The van der Waals surface area contributed by atoms with Crippen LogP contribution in [0, 0.1) is 0 Å². The normalized spacial score (nSPS) is 10.7. The largest absolute Gasteiger partial charge is 0.504 e. The smallest absolute Gasteiger partial charge is 0.253 e. The van der Waals surface area contributed by atoms with E-state index in [-0.39, 0.29) is 24.0 Å². The highest BCUT2D eigenvalue weighted by Gasteiger charge is 2.14. The molecule has 3 N–H and O–H groups in total. The third-order valence-electron chi connectivity index (χ3n) is 4.33. The van der Waals surface area contributed by atoms with Gasteiger partial charge in [-0.15, -0.1) is 0 Å². The summed E-state index contributed by atoms with van der Waals surface area (Å²) in [6.07, 6.45) is 3.96. The molecule has 0 aliphatic rings. The fourth-order valence-corrected chi connectivity index (χ4v) is 2.85. The number of rotatable bonds is 10. The summed E-state index contributed by atoms with van der Waals surface area (Å²) in [6.45, 7) is 1.43. The van der Waals surface area contributed by atoms with Crippen LogP contribution in [0.2, 0.25) is 0 Å². The van der Waals surface area contributed by atoms with Gasteiger partial charge in [-0.05, 0) is 61.9 Å². The number of aliphatic hydroxyl groups excluding tert-OH is 1. The number of phenolic OH excluding ortho intramolecular Hbond substituents is 2. The van der Waals surface area contributed by atoms with Crippen LogP contribution in [0.1, 0.15) is 41.6 Å². The summed E-state index contributed by atoms with van der Waals surface area (Å²) < 4.78 is 0. The van der Waals surface area contributed by atoms with Gasteiger partial charge in [0.05, 0.1) is 0 Å². The fourth-order valence-electron chi connectivity index (χ4n) is 2.85. The lowest BCUT2D eigenvalue weighted by Gasteiger charge is -2.23. The van der Waals surface area contributed by atoms with Crippen LogP contribution in [0.5, 0.6) is 11.5 Å². The van der Waals surface area contributed by atoms with Gasteiger partial charge in [0.1, 0.15) is 0 Å². The molecule has 5 heteroatoms. The van der Waals surface area contributed by atoms with E-state index < -0.39 is 0 Å². The third kappa shape index (κ3) is 6.08. The van der Waals surface area contributed by atoms with E-state index in [0.717, 1.165) is 31.2 Å². The molecular formula is C21H27NO4. The number of aliphatic hydroxyl groups is 1. The van der Waals surface area contributed by atoms with Crippen LogP contribution in [0.25, 0.3) is 0 Å². The van der Waals surface area contributed by atoms with E-state index in [4.69, 9.17) is 5.11 Å². The number of benzene rings is 2. The topological polar surface area (TPSA) is 81.0 Å². The standard InChI is InChI=1S/C21H27NO4/c23-15-7-6-14-22(21(26)18-9-2-1-3-10-18)13-5-4-8-17-11-12-19(24)20(25)16-17/h1-3,9-12,16,23-25H,4-8,13-15H2. The molecule has 0 heterocycles. The van der Waals surface area contributed by atoms with Crippen molar-refractivity contribution in [3.05, 3.63) is 59.7 Å². The van der Waals surface area contributed by atoms with Gasteiger partial charge in [0.2, 0.25) is 0 Å². The second-order valence-corrected chi connectivity index (χ2v) is 6.37. The summed E-state index contributed by atoms with van der Waals surface area (Å²) in [6, 6.07) is 14.1. The van der Waals surface area contributed by atoms with E-state index in [1.807, 2.05) is 35.2 Å². The molecule has 0 saturated carbocycles. The van der Waals surface area contributed by atoms with E-state index in [9.17, 15) is 15.0 Å². The Morgan fingerprint density at radius 2 is 1.54 bits per heavy atom. The van der Waals surface area contributed by atoms with Gasteiger partial charge in [0.25, 0.3) is 5.91 Å². The number of amides is 1. The molecule has 26 heavy (non-hydrogen) atoms. The number of aromatic hydroxyl groups is 2.